The second-order valence-corrected chi connectivity index (χ2v) is 5.76. The Morgan fingerprint density at radius 1 is 0.962 bits per heavy atom. The Morgan fingerprint density at radius 2 is 1.65 bits per heavy atom. The zero-order valence-electron chi connectivity index (χ0n) is 13.4. The van der Waals surface area contributed by atoms with Crippen molar-refractivity contribution >= 4 is 17.5 Å². The summed E-state index contributed by atoms with van der Waals surface area (Å²) < 4.78 is 44.4. The second-order valence-electron chi connectivity index (χ2n) is 5.32. The highest BCUT2D eigenvalue weighted by molar-refractivity contribution is 6.31. The SMILES string of the molecule is COc1ccc(-c2nc(N)nnc2-c2cc(Cl)cc(C(F)(F)F)c2)cc1. The highest BCUT2D eigenvalue weighted by atomic mass is 35.5. The van der Waals surface area contributed by atoms with Crippen LogP contribution in [-0.4, -0.2) is 22.3 Å². The number of hydrogen-bond acceptors (Lipinski definition) is 5. The summed E-state index contributed by atoms with van der Waals surface area (Å²) in [5, 5.41) is 7.53. The van der Waals surface area contributed by atoms with Crippen LogP contribution in [0.15, 0.2) is 42.5 Å². The maximum Gasteiger partial charge on any atom is 0.416 e. The van der Waals surface area contributed by atoms with Crippen LogP contribution in [-0.2, 0) is 6.18 Å². The molecule has 0 unspecified atom stereocenters. The number of benzene rings is 2. The number of nitrogen functional groups attached to an aromatic ring is 1. The van der Waals surface area contributed by atoms with E-state index in [4.69, 9.17) is 22.1 Å². The summed E-state index contributed by atoms with van der Waals surface area (Å²) in [6.45, 7) is 0. The molecule has 0 bridgehead atoms. The summed E-state index contributed by atoms with van der Waals surface area (Å²) in [5.74, 6) is 0.519. The Morgan fingerprint density at radius 3 is 2.27 bits per heavy atom. The van der Waals surface area contributed by atoms with E-state index in [1.165, 1.54) is 13.2 Å². The lowest BCUT2D eigenvalue weighted by Crippen LogP contribution is -2.06. The number of aromatic nitrogens is 3. The average Bonchev–Trinajstić information content (AvgIpc) is 2.60. The minimum Gasteiger partial charge on any atom is -0.497 e. The van der Waals surface area contributed by atoms with E-state index >= 15 is 0 Å². The fourth-order valence-electron chi connectivity index (χ4n) is 2.37. The van der Waals surface area contributed by atoms with E-state index < -0.39 is 11.7 Å². The first-order valence-electron chi connectivity index (χ1n) is 7.30. The van der Waals surface area contributed by atoms with Gasteiger partial charge in [-0.1, -0.05) is 11.6 Å². The molecule has 0 radical (unpaired) electrons. The van der Waals surface area contributed by atoms with Crippen molar-refractivity contribution in [1.29, 1.82) is 0 Å². The Bertz CT molecular complexity index is 946. The van der Waals surface area contributed by atoms with E-state index in [1.54, 1.807) is 24.3 Å². The van der Waals surface area contributed by atoms with Gasteiger partial charge in [-0.05, 0) is 42.5 Å². The first kappa shape index (κ1) is 17.9. The summed E-state index contributed by atoms with van der Waals surface area (Å²) in [6, 6.07) is 9.93. The molecule has 0 aliphatic carbocycles. The minimum atomic E-state index is -4.55. The van der Waals surface area contributed by atoms with Gasteiger partial charge in [0.1, 0.15) is 17.1 Å². The molecule has 3 rings (SSSR count). The zero-order chi connectivity index (χ0) is 18.9. The largest absolute Gasteiger partial charge is 0.497 e. The van der Waals surface area contributed by atoms with Gasteiger partial charge in [-0.2, -0.15) is 13.2 Å². The van der Waals surface area contributed by atoms with Crippen LogP contribution in [0.25, 0.3) is 22.5 Å². The molecule has 0 saturated carbocycles. The molecule has 0 atom stereocenters. The van der Waals surface area contributed by atoms with Crippen LogP contribution in [0.3, 0.4) is 0 Å². The van der Waals surface area contributed by atoms with E-state index in [-0.39, 0.29) is 27.9 Å². The Labute approximate surface area is 151 Å². The fraction of sp³-hybridized carbons (Fsp3) is 0.118. The maximum absolute atomic E-state index is 13.1. The van der Waals surface area contributed by atoms with Crippen LogP contribution in [0, 0.1) is 0 Å². The summed E-state index contributed by atoms with van der Waals surface area (Å²) >= 11 is 5.87. The van der Waals surface area contributed by atoms with Gasteiger partial charge in [0.25, 0.3) is 0 Å². The van der Waals surface area contributed by atoms with Crippen molar-refractivity contribution in [1.82, 2.24) is 15.2 Å². The Balaban J connectivity index is 2.18. The Kier molecular flexibility index (Phi) is 4.69. The molecule has 1 aromatic heterocycles. The van der Waals surface area contributed by atoms with E-state index in [0.29, 0.717) is 11.3 Å². The van der Waals surface area contributed by atoms with Gasteiger partial charge in [0.2, 0.25) is 5.95 Å². The number of alkyl halides is 3. The highest BCUT2D eigenvalue weighted by Crippen LogP contribution is 2.36. The molecule has 0 amide bonds. The molecule has 9 heteroatoms. The van der Waals surface area contributed by atoms with Gasteiger partial charge in [0.05, 0.1) is 12.7 Å². The second kappa shape index (κ2) is 6.80. The van der Waals surface area contributed by atoms with Crippen LogP contribution < -0.4 is 10.5 Å². The molecule has 2 N–H and O–H groups in total. The third kappa shape index (κ3) is 3.70. The van der Waals surface area contributed by atoms with E-state index in [1.807, 2.05) is 0 Å². The number of hydrogen-bond donors (Lipinski definition) is 1. The molecule has 5 nitrogen and oxygen atoms in total. The third-order valence-electron chi connectivity index (χ3n) is 3.57. The number of nitrogens with two attached hydrogens (primary N) is 1. The molecule has 26 heavy (non-hydrogen) atoms. The number of ether oxygens (including phenoxy) is 1. The number of rotatable bonds is 3. The molecule has 0 aliphatic rings. The predicted octanol–water partition coefficient (Wildman–Crippen LogP) is 4.47. The molecule has 2 aromatic carbocycles. The molecule has 0 saturated heterocycles. The molecule has 134 valence electrons. The lowest BCUT2D eigenvalue weighted by molar-refractivity contribution is -0.137. The maximum atomic E-state index is 13.1. The number of halogens is 4. The normalized spacial score (nSPS) is 11.4. The van der Waals surface area contributed by atoms with Gasteiger partial charge in [0.15, 0.2) is 0 Å². The van der Waals surface area contributed by atoms with Gasteiger partial charge < -0.3 is 10.5 Å². The van der Waals surface area contributed by atoms with E-state index in [2.05, 4.69) is 15.2 Å². The zero-order valence-corrected chi connectivity index (χ0v) is 14.1. The highest BCUT2D eigenvalue weighted by Gasteiger charge is 2.31. The van der Waals surface area contributed by atoms with Gasteiger partial charge in [-0.25, -0.2) is 4.98 Å². The topological polar surface area (TPSA) is 73.9 Å². The van der Waals surface area contributed by atoms with Crippen LogP contribution in [0.1, 0.15) is 5.56 Å². The van der Waals surface area contributed by atoms with Crippen molar-refractivity contribution in [2.45, 2.75) is 6.18 Å². The molecular weight excluding hydrogens is 369 g/mol. The van der Waals surface area contributed by atoms with Crippen LogP contribution >= 0.6 is 11.6 Å². The van der Waals surface area contributed by atoms with Gasteiger partial charge in [-0.3, -0.25) is 0 Å². The van der Waals surface area contributed by atoms with Crippen LogP contribution in [0.2, 0.25) is 5.02 Å². The summed E-state index contributed by atoms with van der Waals surface area (Å²) in [5.41, 5.74) is 5.88. The number of methoxy groups -OCH3 is 1. The molecule has 0 spiro atoms. The molecule has 1 heterocycles. The van der Waals surface area contributed by atoms with Gasteiger partial charge >= 0.3 is 6.18 Å². The van der Waals surface area contributed by atoms with Crippen molar-refractivity contribution in [3.63, 3.8) is 0 Å². The first-order chi connectivity index (χ1) is 12.3. The molecular formula is C17H12ClF3N4O. The van der Waals surface area contributed by atoms with E-state index in [9.17, 15) is 13.2 Å². The van der Waals surface area contributed by atoms with Crippen LogP contribution in [0.5, 0.6) is 5.75 Å². The fourth-order valence-corrected chi connectivity index (χ4v) is 2.61. The van der Waals surface area contributed by atoms with Crippen molar-refractivity contribution in [2.24, 2.45) is 0 Å². The van der Waals surface area contributed by atoms with E-state index in [0.717, 1.165) is 12.1 Å². The number of nitrogens with zero attached hydrogens (tertiary/aromatic N) is 3. The molecule has 0 aliphatic heterocycles. The van der Waals surface area contributed by atoms with Crippen molar-refractivity contribution in [3.05, 3.63) is 53.1 Å². The Hall–Kier alpha value is -2.87. The average molecular weight is 381 g/mol. The standard InChI is InChI=1S/C17H12ClF3N4O/c1-26-13-4-2-9(3-5-13)14-15(24-25-16(22)23-14)10-6-11(17(19,20)21)8-12(18)7-10/h2-8H,1H3,(H2,22,23,25). The first-order valence-corrected chi connectivity index (χ1v) is 7.68. The smallest absolute Gasteiger partial charge is 0.416 e. The quantitative estimate of drug-likeness (QED) is 0.725. The minimum absolute atomic E-state index is 0.0749. The lowest BCUT2D eigenvalue weighted by Gasteiger charge is -2.12. The predicted molar refractivity (Wildman–Crippen MR) is 91.7 cm³/mol. The summed E-state index contributed by atoms with van der Waals surface area (Å²) in [4.78, 5) is 4.14. The van der Waals surface area contributed by atoms with Crippen LogP contribution in [0.4, 0.5) is 19.1 Å². The molecule has 3 aromatic rings. The lowest BCUT2D eigenvalue weighted by atomic mass is 10.0. The van der Waals surface area contributed by atoms with Crippen molar-refractivity contribution < 1.29 is 17.9 Å². The monoisotopic (exact) mass is 380 g/mol. The van der Waals surface area contributed by atoms with Gasteiger partial charge in [0, 0.05) is 16.1 Å². The summed E-state index contributed by atoms with van der Waals surface area (Å²) in [6.07, 6.45) is -4.55. The number of anilines is 1. The molecule has 0 fully saturated rings. The van der Waals surface area contributed by atoms with Crippen molar-refractivity contribution in [3.8, 4) is 28.3 Å². The third-order valence-corrected chi connectivity index (χ3v) is 3.78. The van der Waals surface area contributed by atoms with Gasteiger partial charge in [-0.15, -0.1) is 10.2 Å². The van der Waals surface area contributed by atoms with Crippen molar-refractivity contribution in [2.75, 3.05) is 12.8 Å². The summed E-state index contributed by atoms with van der Waals surface area (Å²) in [7, 11) is 1.52.